The van der Waals surface area contributed by atoms with Gasteiger partial charge in [-0.25, -0.2) is 4.39 Å². The molecule has 31 heavy (non-hydrogen) atoms. The Labute approximate surface area is 176 Å². The van der Waals surface area contributed by atoms with Crippen molar-refractivity contribution >= 4 is 17.1 Å². The van der Waals surface area contributed by atoms with E-state index in [0.717, 1.165) is 16.9 Å². The van der Waals surface area contributed by atoms with Gasteiger partial charge < -0.3 is 9.26 Å². The van der Waals surface area contributed by atoms with Crippen LogP contribution in [0.25, 0.3) is 22.8 Å². The molecule has 0 fully saturated rings. The van der Waals surface area contributed by atoms with Gasteiger partial charge in [0.05, 0.1) is 18.5 Å². The van der Waals surface area contributed by atoms with E-state index in [9.17, 15) is 4.39 Å². The first-order valence-corrected chi connectivity index (χ1v) is 9.44. The SMILES string of the molecule is COc1ccc(-c2noc(C3=C(c4ccncc4)N(c4ccccc4F)NN3)n2)cc1. The first kappa shape index (κ1) is 18.8. The summed E-state index contributed by atoms with van der Waals surface area (Å²) in [5, 5.41) is 5.69. The van der Waals surface area contributed by atoms with Crippen LogP contribution in [0.15, 0.2) is 77.6 Å². The largest absolute Gasteiger partial charge is 0.497 e. The molecule has 0 saturated carbocycles. The fourth-order valence-electron chi connectivity index (χ4n) is 3.27. The third-order valence-electron chi connectivity index (χ3n) is 4.79. The Morgan fingerprint density at radius 3 is 2.48 bits per heavy atom. The molecule has 0 bridgehead atoms. The summed E-state index contributed by atoms with van der Waals surface area (Å²) in [6.45, 7) is 0. The van der Waals surface area contributed by atoms with Crippen LogP contribution >= 0.6 is 0 Å². The number of benzene rings is 2. The highest BCUT2D eigenvalue weighted by molar-refractivity contribution is 5.96. The average Bonchev–Trinajstić information content (AvgIpc) is 3.47. The third kappa shape index (κ3) is 3.47. The lowest BCUT2D eigenvalue weighted by atomic mass is 10.1. The van der Waals surface area contributed by atoms with Crippen LogP contribution in [0, 0.1) is 5.82 Å². The topological polar surface area (TPSA) is 88.3 Å². The van der Waals surface area contributed by atoms with Crippen molar-refractivity contribution in [2.75, 3.05) is 12.1 Å². The molecule has 3 heterocycles. The molecule has 2 aromatic carbocycles. The number of methoxy groups -OCH3 is 1. The second kappa shape index (κ2) is 7.88. The smallest absolute Gasteiger partial charge is 0.277 e. The number of halogens is 1. The molecule has 154 valence electrons. The van der Waals surface area contributed by atoms with Crippen LogP contribution in [0.2, 0.25) is 0 Å². The van der Waals surface area contributed by atoms with E-state index >= 15 is 0 Å². The van der Waals surface area contributed by atoms with E-state index in [2.05, 4.69) is 26.1 Å². The predicted molar refractivity (Wildman–Crippen MR) is 112 cm³/mol. The molecule has 1 aliphatic rings. The molecule has 2 N–H and O–H groups in total. The maximum Gasteiger partial charge on any atom is 0.277 e. The maximum absolute atomic E-state index is 14.5. The molecule has 8 nitrogen and oxygen atoms in total. The van der Waals surface area contributed by atoms with Gasteiger partial charge in [0, 0.05) is 23.5 Å². The van der Waals surface area contributed by atoms with Crippen LogP contribution in [0.3, 0.4) is 0 Å². The average molecular weight is 416 g/mol. The number of ether oxygens (including phenoxy) is 1. The van der Waals surface area contributed by atoms with Gasteiger partial charge in [0.25, 0.3) is 5.89 Å². The Hall–Kier alpha value is -4.24. The maximum atomic E-state index is 14.5. The van der Waals surface area contributed by atoms with E-state index in [1.807, 2.05) is 36.4 Å². The summed E-state index contributed by atoms with van der Waals surface area (Å²) in [6.07, 6.45) is 3.32. The van der Waals surface area contributed by atoms with Crippen LogP contribution in [-0.4, -0.2) is 22.2 Å². The van der Waals surface area contributed by atoms with Gasteiger partial charge in [-0.2, -0.15) is 4.98 Å². The minimum atomic E-state index is -0.381. The molecular weight excluding hydrogens is 399 g/mol. The summed E-state index contributed by atoms with van der Waals surface area (Å²) < 4.78 is 25.3. The van der Waals surface area contributed by atoms with Gasteiger partial charge in [0.2, 0.25) is 5.82 Å². The van der Waals surface area contributed by atoms with Crippen molar-refractivity contribution in [3.05, 3.63) is 90.3 Å². The van der Waals surface area contributed by atoms with Crippen molar-refractivity contribution in [1.29, 1.82) is 0 Å². The molecule has 1 aliphatic heterocycles. The third-order valence-corrected chi connectivity index (χ3v) is 4.79. The molecule has 0 unspecified atom stereocenters. The Morgan fingerprint density at radius 1 is 0.968 bits per heavy atom. The van der Waals surface area contributed by atoms with E-state index in [-0.39, 0.29) is 11.7 Å². The number of para-hydroxylation sites is 1. The number of hydrogen-bond acceptors (Lipinski definition) is 8. The van der Waals surface area contributed by atoms with Crippen LogP contribution in [0.1, 0.15) is 11.5 Å². The summed E-state index contributed by atoms with van der Waals surface area (Å²) in [6, 6.07) is 17.4. The lowest BCUT2D eigenvalue weighted by Crippen LogP contribution is -2.38. The fourth-order valence-corrected chi connectivity index (χ4v) is 3.27. The minimum Gasteiger partial charge on any atom is -0.497 e. The number of nitrogens with one attached hydrogen (secondary N) is 2. The number of pyridine rings is 1. The van der Waals surface area contributed by atoms with Crippen molar-refractivity contribution in [1.82, 2.24) is 26.1 Å². The summed E-state index contributed by atoms with van der Waals surface area (Å²) in [5.41, 5.74) is 9.05. The summed E-state index contributed by atoms with van der Waals surface area (Å²) in [7, 11) is 1.61. The van der Waals surface area contributed by atoms with Crippen molar-refractivity contribution in [2.45, 2.75) is 0 Å². The number of anilines is 1. The number of hydrazine groups is 2. The van der Waals surface area contributed by atoms with Gasteiger partial charge in [-0.1, -0.05) is 17.3 Å². The molecule has 0 saturated heterocycles. The number of nitrogens with zero attached hydrogens (tertiary/aromatic N) is 4. The quantitative estimate of drug-likeness (QED) is 0.510. The molecule has 0 aliphatic carbocycles. The summed E-state index contributed by atoms with van der Waals surface area (Å²) in [5.74, 6) is 1.03. The van der Waals surface area contributed by atoms with Gasteiger partial charge in [0.1, 0.15) is 17.3 Å². The molecule has 9 heteroatoms. The highest BCUT2D eigenvalue weighted by Crippen LogP contribution is 2.34. The van der Waals surface area contributed by atoms with Crippen LogP contribution in [-0.2, 0) is 0 Å². The van der Waals surface area contributed by atoms with Gasteiger partial charge in [0.15, 0.2) is 0 Å². The van der Waals surface area contributed by atoms with E-state index < -0.39 is 0 Å². The second-order valence-corrected chi connectivity index (χ2v) is 6.63. The standard InChI is InChI=1S/C22H17FN6O2/c1-30-16-8-6-15(7-9-16)21-25-22(31-27-21)19-20(14-10-12-24-13-11-14)29(28-26-19)18-5-3-2-4-17(18)23/h2-13,26,28H,1H3. The molecule has 0 atom stereocenters. The highest BCUT2D eigenvalue weighted by Gasteiger charge is 2.30. The van der Waals surface area contributed by atoms with Gasteiger partial charge in [-0.15, -0.1) is 5.53 Å². The normalized spacial score (nSPS) is 13.4. The molecule has 2 aromatic heterocycles. The highest BCUT2D eigenvalue weighted by atomic mass is 19.1. The van der Waals surface area contributed by atoms with Gasteiger partial charge >= 0.3 is 0 Å². The van der Waals surface area contributed by atoms with E-state index in [4.69, 9.17) is 9.26 Å². The lowest BCUT2D eigenvalue weighted by molar-refractivity contribution is 0.405. The first-order valence-electron chi connectivity index (χ1n) is 9.44. The van der Waals surface area contributed by atoms with Crippen molar-refractivity contribution in [3.8, 4) is 17.1 Å². The fraction of sp³-hybridized carbons (Fsp3) is 0.0455. The second-order valence-electron chi connectivity index (χ2n) is 6.63. The summed E-state index contributed by atoms with van der Waals surface area (Å²) in [4.78, 5) is 8.60. The Morgan fingerprint density at radius 2 is 1.74 bits per heavy atom. The predicted octanol–water partition coefficient (Wildman–Crippen LogP) is 3.63. The van der Waals surface area contributed by atoms with E-state index in [1.165, 1.54) is 6.07 Å². The monoisotopic (exact) mass is 416 g/mol. The van der Waals surface area contributed by atoms with Crippen molar-refractivity contribution < 1.29 is 13.7 Å². The molecule has 4 aromatic rings. The zero-order valence-corrected chi connectivity index (χ0v) is 16.4. The molecule has 0 amide bonds. The Bertz CT molecular complexity index is 1240. The number of rotatable bonds is 5. The van der Waals surface area contributed by atoms with Crippen molar-refractivity contribution in [2.24, 2.45) is 0 Å². The zero-order chi connectivity index (χ0) is 21.2. The number of aromatic nitrogens is 3. The van der Waals surface area contributed by atoms with E-state index in [1.54, 1.807) is 42.7 Å². The molecule has 5 rings (SSSR count). The van der Waals surface area contributed by atoms with Crippen LogP contribution < -0.4 is 20.7 Å². The van der Waals surface area contributed by atoms with Gasteiger partial charge in [-0.3, -0.25) is 15.4 Å². The molecular formula is C22H17FN6O2. The zero-order valence-electron chi connectivity index (χ0n) is 16.4. The lowest BCUT2D eigenvalue weighted by Gasteiger charge is -2.21. The summed E-state index contributed by atoms with van der Waals surface area (Å²) >= 11 is 0. The number of hydrogen-bond donors (Lipinski definition) is 2. The van der Waals surface area contributed by atoms with E-state index in [0.29, 0.717) is 22.9 Å². The van der Waals surface area contributed by atoms with Gasteiger partial charge in [-0.05, 0) is 48.5 Å². The Balaban J connectivity index is 1.59. The molecule has 0 spiro atoms. The van der Waals surface area contributed by atoms with Crippen LogP contribution in [0.4, 0.5) is 10.1 Å². The molecule has 0 radical (unpaired) electrons. The first-order chi connectivity index (χ1) is 15.2. The minimum absolute atomic E-state index is 0.254. The van der Waals surface area contributed by atoms with Crippen molar-refractivity contribution in [3.63, 3.8) is 0 Å². The van der Waals surface area contributed by atoms with Crippen LogP contribution in [0.5, 0.6) is 5.75 Å². The Kier molecular flexibility index (Phi) is 4.77.